The van der Waals surface area contributed by atoms with Crippen molar-refractivity contribution >= 4 is 0 Å². The molecule has 0 aliphatic carbocycles. The van der Waals surface area contributed by atoms with Gasteiger partial charge >= 0.3 is 0 Å². The summed E-state index contributed by atoms with van der Waals surface area (Å²) >= 11 is 0. The second-order valence-corrected chi connectivity index (χ2v) is 4.61. The Morgan fingerprint density at radius 2 is 1.60 bits per heavy atom. The number of ether oxygens (including phenoxy) is 1. The van der Waals surface area contributed by atoms with Gasteiger partial charge in [-0.15, -0.1) is 0 Å². The molecule has 0 aliphatic rings. The maximum Gasteiger partial charge on any atom is 0.129 e. The van der Waals surface area contributed by atoms with Crippen LogP contribution in [-0.2, 0) is 0 Å². The van der Waals surface area contributed by atoms with Gasteiger partial charge in [0, 0.05) is 18.2 Å². The molecule has 2 aromatic carbocycles. The monoisotopic (exact) mass is 277 g/mol. The average molecular weight is 277 g/mol. The van der Waals surface area contributed by atoms with Gasteiger partial charge in [-0.25, -0.2) is 8.78 Å². The van der Waals surface area contributed by atoms with Gasteiger partial charge in [0.05, 0.1) is 6.04 Å². The number of halogens is 2. The second kappa shape index (κ2) is 6.48. The molecule has 0 fully saturated rings. The molecule has 0 spiro atoms. The van der Waals surface area contributed by atoms with Crippen LogP contribution in [0.2, 0.25) is 0 Å². The summed E-state index contributed by atoms with van der Waals surface area (Å²) in [6, 6.07) is 12.9. The molecule has 0 heterocycles. The van der Waals surface area contributed by atoms with Crippen molar-refractivity contribution in [1.82, 2.24) is 5.32 Å². The second-order valence-electron chi connectivity index (χ2n) is 4.61. The molecule has 0 saturated carbocycles. The summed E-state index contributed by atoms with van der Waals surface area (Å²) in [5.74, 6) is -1.10. The molecule has 106 valence electrons. The molecule has 0 saturated heterocycles. The zero-order valence-electron chi connectivity index (χ0n) is 11.4. The highest BCUT2D eigenvalue weighted by atomic mass is 19.1. The van der Waals surface area contributed by atoms with Crippen LogP contribution in [0.25, 0.3) is 0 Å². The third-order valence-electron chi connectivity index (χ3n) is 3.10. The van der Waals surface area contributed by atoms with Crippen molar-refractivity contribution in [2.75, 3.05) is 7.05 Å². The summed E-state index contributed by atoms with van der Waals surface area (Å²) in [6.07, 6.45) is -0.274. The Labute approximate surface area is 117 Å². The van der Waals surface area contributed by atoms with Gasteiger partial charge in [-0.1, -0.05) is 30.3 Å². The number of nitrogens with one attached hydrogen (secondary N) is 1. The normalized spacial score (nSPS) is 13.8. The highest BCUT2D eigenvalue weighted by Gasteiger charge is 2.19. The molecular weight excluding hydrogens is 260 g/mol. The van der Waals surface area contributed by atoms with E-state index in [-0.39, 0.29) is 17.9 Å². The van der Waals surface area contributed by atoms with Crippen LogP contribution < -0.4 is 10.1 Å². The summed E-state index contributed by atoms with van der Waals surface area (Å²) in [5, 5.41) is 3.16. The van der Waals surface area contributed by atoms with Crippen molar-refractivity contribution in [2.45, 2.75) is 19.1 Å². The fourth-order valence-electron chi connectivity index (χ4n) is 2.21. The molecule has 2 atom stereocenters. The maximum atomic E-state index is 13.1. The van der Waals surface area contributed by atoms with E-state index in [0.717, 1.165) is 11.6 Å². The van der Waals surface area contributed by atoms with E-state index in [9.17, 15) is 8.78 Å². The van der Waals surface area contributed by atoms with Gasteiger partial charge in [0.25, 0.3) is 0 Å². The zero-order chi connectivity index (χ0) is 14.5. The van der Waals surface area contributed by atoms with Crippen molar-refractivity contribution in [3.05, 3.63) is 65.7 Å². The minimum Gasteiger partial charge on any atom is -0.489 e. The van der Waals surface area contributed by atoms with Gasteiger partial charge in [0.2, 0.25) is 0 Å². The predicted molar refractivity (Wildman–Crippen MR) is 74.7 cm³/mol. The standard InChI is InChI=1S/C16H17F2NO/c1-11(16(19-2)12-6-4-3-5-7-12)20-15-9-13(17)8-14(18)10-15/h3-11,16,19H,1-2H3. The largest absolute Gasteiger partial charge is 0.489 e. The van der Waals surface area contributed by atoms with E-state index in [0.29, 0.717) is 0 Å². The lowest BCUT2D eigenvalue weighted by Gasteiger charge is -2.25. The first-order chi connectivity index (χ1) is 9.60. The summed E-state index contributed by atoms with van der Waals surface area (Å²) in [4.78, 5) is 0. The molecule has 20 heavy (non-hydrogen) atoms. The van der Waals surface area contributed by atoms with Gasteiger partial charge in [-0.2, -0.15) is 0 Å². The van der Waals surface area contributed by atoms with Gasteiger partial charge in [0.1, 0.15) is 23.5 Å². The zero-order valence-corrected chi connectivity index (χ0v) is 11.4. The molecular formula is C16H17F2NO. The van der Waals surface area contributed by atoms with E-state index in [1.54, 1.807) is 0 Å². The van der Waals surface area contributed by atoms with Crippen LogP contribution in [-0.4, -0.2) is 13.2 Å². The first-order valence-electron chi connectivity index (χ1n) is 6.45. The number of hydrogen-bond acceptors (Lipinski definition) is 2. The summed E-state index contributed by atoms with van der Waals surface area (Å²) in [6.45, 7) is 1.86. The van der Waals surface area contributed by atoms with Crippen molar-refractivity contribution in [3.63, 3.8) is 0 Å². The first kappa shape index (κ1) is 14.5. The molecule has 2 unspecified atom stereocenters. The molecule has 0 radical (unpaired) electrons. The smallest absolute Gasteiger partial charge is 0.129 e. The molecule has 2 rings (SSSR count). The van der Waals surface area contributed by atoms with Gasteiger partial charge in [-0.05, 0) is 19.5 Å². The Morgan fingerprint density at radius 1 is 1.00 bits per heavy atom. The molecule has 2 nitrogen and oxygen atoms in total. The van der Waals surface area contributed by atoms with E-state index in [1.165, 1.54) is 12.1 Å². The maximum absolute atomic E-state index is 13.1. The average Bonchev–Trinajstić information content (AvgIpc) is 2.39. The van der Waals surface area contributed by atoms with Crippen LogP contribution in [0, 0.1) is 11.6 Å². The molecule has 1 N–H and O–H groups in total. The minimum atomic E-state index is -0.645. The molecule has 0 aliphatic heterocycles. The van der Waals surface area contributed by atoms with Gasteiger partial charge in [0.15, 0.2) is 0 Å². The fourth-order valence-corrected chi connectivity index (χ4v) is 2.21. The molecule has 0 bridgehead atoms. The van der Waals surface area contributed by atoms with Crippen molar-refractivity contribution < 1.29 is 13.5 Å². The number of benzene rings is 2. The topological polar surface area (TPSA) is 21.3 Å². The highest BCUT2D eigenvalue weighted by Crippen LogP contribution is 2.23. The van der Waals surface area contributed by atoms with E-state index in [4.69, 9.17) is 4.74 Å². The Bertz CT molecular complexity index is 539. The van der Waals surface area contributed by atoms with Crippen molar-refractivity contribution in [3.8, 4) is 5.75 Å². The van der Waals surface area contributed by atoms with E-state index < -0.39 is 11.6 Å². The third kappa shape index (κ3) is 3.54. The first-order valence-corrected chi connectivity index (χ1v) is 6.45. The molecule has 0 amide bonds. The van der Waals surface area contributed by atoms with E-state index in [1.807, 2.05) is 44.3 Å². The third-order valence-corrected chi connectivity index (χ3v) is 3.10. The van der Waals surface area contributed by atoms with Gasteiger partial charge in [-0.3, -0.25) is 0 Å². The van der Waals surface area contributed by atoms with Crippen LogP contribution >= 0.6 is 0 Å². The lowest BCUT2D eigenvalue weighted by Crippen LogP contribution is -2.31. The molecule has 4 heteroatoms. The van der Waals surface area contributed by atoms with Crippen LogP contribution in [0.3, 0.4) is 0 Å². The highest BCUT2D eigenvalue weighted by molar-refractivity contribution is 5.25. The number of likely N-dealkylation sites (N-methyl/N-ethyl adjacent to an activating group) is 1. The quantitative estimate of drug-likeness (QED) is 0.900. The lowest BCUT2D eigenvalue weighted by molar-refractivity contribution is 0.174. The number of hydrogen-bond donors (Lipinski definition) is 1. The van der Waals surface area contributed by atoms with Crippen LogP contribution in [0.1, 0.15) is 18.5 Å². The van der Waals surface area contributed by atoms with E-state index >= 15 is 0 Å². The van der Waals surface area contributed by atoms with Crippen LogP contribution in [0.5, 0.6) is 5.75 Å². The Morgan fingerprint density at radius 3 is 2.15 bits per heavy atom. The van der Waals surface area contributed by atoms with E-state index in [2.05, 4.69) is 5.32 Å². The van der Waals surface area contributed by atoms with Crippen molar-refractivity contribution in [2.24, 2.45) is 0 Å². The number of rotatable bonds is 5. The fraction of sp³-hybridized carbons (Fsp3) is 0.250. The minimum absolute atomic E-state index is 0.0671. The Balaban J connectivity index is 2.15. The summed E-state index contributed by atoms with van der Waals surface area (Å²) in [5.41, 5.74) is 1.05. The summed E-state index contributed by atoms with van der Waals surface area (Å²) in [7, 11) is 1.82. The Hall–Kier alpha value is -1.94. The van der Waals surface area contributed by atoms with Gasteiger partial charge < -0.3 is 10.1 Å². The molecule has 0 aromatic heterocycles. The SMILES string of the molecule is CNC(c1ccccc1)C(C)Oc1cc(F)cc(F)c1. The lowest BCUT2D eigenvalue weighted by atomic mass is 10.0. The Kier molecular flexibility index (Phi) is 4.69. The molecule has 2 aromatic rings. The predicted octanol–water partition coefficient (Wildman–Crippen LogP) is 3.69. The van der Waals surface area contributed by atoms with Crippen LogP contribution in [0.4, 0.5) is 8.78 Å². The summed E-state index contributed by atoms with van der Waals surface area (Å²) < 4.78 is 31.9. The van der Waals surface area contributed by atoms with Crippen LogP contribution in [0.15, 0.2) is 48.5 Å². The van der Waals surface area contributed by atoms with Crippen molar-refractivity contribution in [1.29, 1.82) is 0 Å².